The maximum absolute atomic E-state index is 12.7. The van der Waals surface area contributed by atoms with Crippen molar-refractivity contribution in [3.8, 4) is 5.82 Å². The van der Waals surface area contributed by atoms with Crippen LogP contribution in [0, 0.1) is 12.8 Å². The Bertz CT molecular complexity index is 879. The van der Waals surface area contributed by atoms with E-state index in [2.05, 4.69) is 20.7 Å². The molecule has 0 bridgehead atoms. The molecule has 0 unspecified atom stereocenters. The van der Waals surface area contributed by atoms with Crippen LogP contribution in [0.2, 0.25) is 0 Å². The van der Waals surface area contributed by atoms with Crippen LogP contribution in [0.25, 0.3) is 5.82 Å². The second kappa shape index (κ2) is 7.49. The summed E-state index contributed by atoms with van der Waals surface area (Å²) >= 11 is 0. The van der Waals surface area contributed by atoms with Crippen molar-refractivity contribution >= 4 is 17.8 Å². The Morgan fingerprint density at radius 1 is 1.29 bits per heavy atom. The number of amides is 2. The summed E-state index contributed by atoms with van der Waals surface area (Å²) in [4.78, 5) is 27.0. The Hall–Kier alpha value is -3.11. The Kier molecular flexibility index (Phi) is 5.25. The molecule has 2 heterocycles. The maximum Gasteiger partial charge on any atom is 0.417 e. The summed E-state index contributed by atoms with van der Waals surface area (Å²) in [6, 6.07) is 2.78. The third-order valence-electron chi connectivity index (χ3n) is 4.48. The molecule has 2 aromatic heterocycles. The van der Waals surface area contributed by atoms with E-state index in [1.54, 1.807) is 13.0 Å². The highest BCUT2D eigenvalue weighted by atomic mass is 19.4. The zero-order chi connectivity index (χ0) is 20.5. The van der Waals surface area contributed by atoms with Crippen molar-refractivity contribution in [2.75, 3.05) is 5.32 Å². The Labute approximate surface area is 157 Å². The van der Waals surface area contributed by atoms with Crippen molar-refractivity contribution in [3.63, 3.8) is 0 Å². The molecule has 2 atom stereocenters. The van der Waals surface area contributed by atoms with E-state index in [0.29, 0.717) is 31.2 Å². The number of anilines is 1. The van der Waals surface area contributed by atoms with Gasteiger partial charge in [-0.05, 0) is 38.3 Å². The van der Waals surface area contributed by atoms with Gasteiger partial charge in [-0.1, -0.05) is 0 Å². The number of aliphatic carboxylic acids is 1. The number of carbonyl (C=O) groups excluding carboxylic acids is 1. The third kappa shape index (κ3) is 4.41. The molecular formula is C17H18F3N5O3. The highest BCUT2D eigenvalue weighted by Gasteiger charge is 2.32. The summed E-state index contributed by atoms with van der Waals surface area (Å²) < 4.78 is 39.3. The van der Waals surface area contributed by atoms with Gasteiger partial charge in [0.2, 0.25) is 0 Å². The lowest BCUT2D eigenvalue weighted by molar-refractivity contribution is -0.141. The van der Waals surface area contributed by atoms with Crippen LogP contribution in [0.3, 0.4) is 0 Å². The minimum atomic E-state index is -4.50. The number of carbonyl (C=O) groups is 2. The Morgan fingerprint density at radius 3 is 2.61 bits per heavy atom. The van der Waals surface area contributed by atoms with E-state index in [1.165, 1.54) is 4.68 Å². The lowest BCUT2D eigenvalue weighted by Crippen LogP contribution is -2.37. The number of hydrogen-bond acceptors (Lipinski definition) is 4. The molecule has 1 aliphatic rings. The van der Waals surface area contributed by atoms with Crippen molar-refractivity contribution in [1.82, 2.24) is 20.1 Å². The second-order valence-corrected chi connectivity index (χ2v) is 6.63. The average Bonchev–Trinajstić information content (AvgIpc) is 3.21. The number of nitrogens with one attached hydrogen (secondary N) is 2. The standard InChI is InChI=1S/C17H18F3N5O3/c1-9-6-14(23-16(28)22-12-4-2-10(7-12)15(26)27)25(24-9)13-5-3-11(8-21-13)17(18,19)20/h3,5-6,8,10,12H,2,4,7H2,1H3,(H,26,27)(H2,22,23,28)/t10-,12+/m1/s1. The molecule has 1 saturated carbocycles. The zero-order valence-electron chi connectivity index (χ0n) is 14.8. The van der Waals surface area contributed by atoms with Gasteiger partial charge >= 0.3 is 18.2 Å². The molecule has 150 valence electrons. The Morgan fingerprint density at radius 2 is 2.04 bits per heavy atom. The lowest BCUT2D eigenvalue weighted by atomic mass is 10.1. The number of hydrogen-bond donors (Lipinski definition) is 3. The molecule has 0 aromatic carbocycles. The molecule has 0 radical (unpaired) electrons. The van der Waals surface area contributed by atoms with Crippen LogP contribution >= 0.6 is 0 Å². The molecule has 2 amide bonds. The molecule has 11 heteroatoms. The molecule has 1 fully saturated rings. The van der Waals surface area contributed by atoms with Gasteiger partial charge in [-0.2, -0.15) is 23.0 Å². The number of urea groups is 1. The fourth-order valence-corrected chi connectivity index (χ4v) is 3.12. The monoisotopic (exact) mass is 397 g/mol. The number of nitrogens with zero attached hydrogens (tertiary/aromatic N) is 3. The zero-order valence-corrected chi connectivity index (χ0v) is 14.8. The summed E-state index contributed by atoms with van der Waals surface area (Å²) in [5.74, 6) is -1.01. The van der Waals surface area contributed by atoms with Crippen LogP contribution in [-0.2, 0) is 11.0 Å². The molecule has 0 aliphatic heterocycles. The van der Waals surface area contributed by atoms with E-state index in [1.807, 2.05) is 0 Å². The molecule has 3 rings (SSSR count). The van der Waals surface area contributed by atoms with Gasteiger partial charge in [-0.3, -0.25) is 10.1 Å². The molecular weight excluding hydrogens is 379 g/mol. The first kappa shape index (κ1) is 19.6. The summed E-state index contributed by atoms with van der Waals surface area (Å²) in [7, 11) is 0. The molecule has 3 N–H and O–H groups in total. The van der Waals surface area contributed by atoms with Crippen LogP contribution in [0.1, 0.15) is 30.5 Å². The van der Waals surface area contributed by atoms with Crippen molar-refractivity contribution in [3.05, 3.63) is 35.7 Å². The van der Waals surface area contributed by atoms with E-state index in [-0.39, 0.29) is 17.7 Å². The number of rotatable bonds is 4. The van der Waals surface area contributed by atoms with Gasteiger partial charge in [0.1, 0.15) is 5.82 Å². The second-order valence-electron chi connectivity index (χ2n) is 6.63. The molecule has 2 aromatic rings. The molecule has 8 nitrogen and oxygen atoms in total. The van der Waals surface area contributed by atoms with Gasteiger partial charge in [0.15, 0.2) is 5.82 Å². The average molecular weight is 397 g/mol. The number of aryl methyl sites for hydroxylation is 1. The third-order valence-corrected chi connectivity index (χ3v) is 4.48. The summed E-state index contributed by atoms with van der Waals surface area (Å²) in [6.45, 7) is 1.66. The van der Waals surface area contributed by atoms with Crippen molar-refractivity contribution < 1.29 is 27.9 Å². The van der Waals surface area contributed by atoms with Crippen molar-refractivity contribution in [2.24, 2.45) is 5.92 Å². The van der Waals surface area contributed by atoms with E-state index < -0.39 is 29.7 Å². The molecule has 0 spiro atoms. The summed E-state index contributed by atoms with van der Waals surface area (Å²) in [5, 5.41) is 18.5. The lowest BCUT2D eigenvalue weighted by Gasteiger charge is -2.14. The van der Waals surface area contributed by atoms with Crippen LogP contribution in [-0.4, -0.2) is 37.9 Å². The number of halogens is 3. The number of carboxylic acids is 1. The van der Waals surface area contributed by atoms with Gasteiger partial charge < -0.3 is 10.4 Å². The highest BCUT2D eigenvalue weighted by molar-refractivity contribution is 5.89. The van der Waals surface area contributed by atoms with Crippen molar-refractivity contribution in [1.29, 1.82) is 0 Å². The number of pyridine rings is 1. The predicted molar refractivity (Wildman–Crippen MR) is 92.0 cm³/mol. The molecule has 1 aliphatic carbocycles. The van der Waals surface area contributed by atoms with Crippen LogP contribution in [0.5, 0.6) is 0 Å². The number of carboxylic acid groups (broad SMARTS) is 1. The number of alkyl halides is 3. The van der Waals surface area contributed by atoms with Gasteiger partial charge in [0.05, 0.1) is 17.2 Å². The predicted octanol–water partition coefficient (Wildman–Crippen LogP) is 2.97. The van der Waals surface area contributed by atoms with Crippen LogP contribution < -0.4 is 10.6 Å². The van der Waals surface area contributed by atoms with Crippen LogP contribution in [0.4, 0.5) is 23.8 Å². The first-order valence-electron chi connectivity index (χ1n) is 8.54. The molecule has 0 saturated heterocycles. The van der Waals surface area contributed by atoms with Gasteiger partial charge in [0.25, 0.3) is 0 Å². The van der Waals surface area contributed by atoms with Crippen LogP contribution in [0.15, 0.2) is 24.4 Å². The largest absolute Gasteiger partial charge is 0.481 e. The quantitative estimate of drug-likeness (QED) is 0.735. The Balaban J connectivity index is 1.70. The normalized spacial score (nSPS) is 19.4. The topological polar surface area (TPSA) is 109 Å². The van der Waals surface area contributed by atoms with Gasteiger partial charge in [-0.15, -0.1) is 0 Å². The highest BCUT2D eigenvalue weighted by Crippen LogP contribution is 2.29. The van der Waals surface area contributed by atoms with Gasteiger partial charge in [-0.25, -0.2) is 9.78 Å². The number of aromatic nitrogens is 3. The fourth-order valence-electron chi connectivity index (χ4n) is 3.12. The molecule has 28 heavy (non-hydrogen) atoms. The van der Waals surface area contributed by atoms with E-state index in [0.717, 1.165) is 12.1 Å². The first-order valence-corrected chi connectivity index (χ1v) is 8.54. The van der Waals surface area contributed by atoms with E-state index in [4.69, 9.17) is 5.11 Å². The fraction of sp³-hybridized carbons (Fsp3) is 0.412. The smallest absolute Gasteiger partial charge is 0.417 e. The van der Waals surface area contributed by atoms with Gasteiger partial charge in [0, 0.05) is 18.3 Å². The van der Waals surface area contributed by atoms with E-state index in [9.17, 15) is 22.8 Å². The summed E-state index contributed by atoms with van der Waals surface area (Å²) in [5.41, 5.74) is -0.356. The minimum Gasteiger partial charge on any atom is -0.481 e. The minimum absolute atomic E-state index is 0.114. The SMILES string of the molecule is Cc1cc(NC(=O)N[C@H]2CC[C@@H](C(=O)O)C2)n(-c2ccc(C(F)(F)F)cn2)n1. The first-order chi connectivity index (χ1) is 13.1. The summed E-state index contributed by atoms with van der Waals surface area (Å²) in [6.07, 6.45) is -2.40. The maximum atomic E-state index is 12.7. The van der Waals surface area contributed by atoms with E-state index >= 15 is 0 Å². The van der Waals surface area contributed by atoms with Crippen molar-refractivity contribution in [2.45, 2.75) is 38.4 Å².